The van der Waals surface area contributed by atoms with Crippen molar-refractivity contribution in [2.45, 2.75) is 24.3 Å². The Morgan fingerprint density at radius 3 is 2.29 bits per heavy atom. The van der Waals surface area contributed by atoms with Gasteiger partial charge in [0.2, 0.25) is 0 Å². The Morgan fingerprint density at radius 2 is 1.75 bits per heavy atom. The van der Waals surface area contributed by atoms with Crippen LogP contribution in [0.3, 0.4) is 0 Å². The highest BCUT2D eigenvalue weighted by molar-refractivity contribution is 7.92. The van der Waals surface area contributed by atoms with Gasteiger partial charge in [-0.05, 0) is 44.2 Å². The van der Waals surface area contributed by atoms with Gasteiger partial charge in [-0.3, -0.25) is 9.52 Å². The number of benzene rings is 2. The Morgan fingerprint density at radius 1 is 1.12 bits per heavy atom. The summed E-state index contributed by atoms with van der Waals surface area (Å²) in [5.74, 6) is -0.651. The molecule has 128 valence electrons. The van der Waals surface area contributed by atoms with Crippen LogP contribution in [0.2, 0.25) is 5.02 Å². The van der Waals surface area contributed by atoms with Gasteiger partial charge in [-0.1, -0.05) is 29.8 Å². The van der Waals surface area contributed by atoms with Crippen molar-refractivity contribution in [3.8, 4) is 0 Å². The van der Waals surface area contributed by atoms with Gasteiger partial charge >= 0.3 is 0 Å². The number of hydrogen-bond acceptors (Lipinski definition) is 4. The van der Waals surface area contributed by atoms with Crippen LogP contribution in [0.4, 0.5) is 11.4 Å². The molecule has 8 heteroatoms. The Balaban J connectivity index is 2.24. The molecule has 0 atom stereocenters. The first kappa shape index (κ1) is 18.3. The minimum Gasteiger partial charge on any atom is -0.381 e. The molecule has 0 aromatic heterocycles. The second-order valence-electron chi connectivity index (χ2n) is 5.63. The van der Waals surface area contributed by atoms with Crippen molar-refractivity contribution in [1.82, 2.24) is 0 Å². The first-order valence-electron chi connectivity index (χ1n) is 7.01. The summed E-state index contributed by atoms with van der Waals surface area (Å²) in [7, 11) is -3.81. The molecule has 2 aromatic carbocycles. The van der Waals surface area contributed by atoms with Gasteiger partial charge in [0.05, 0.1) is 15.6 Å². The van der Waals surface area contributed by atoms with Gasteiger partial charge in [0, 0.05) is 5.69 Å². The molecule has 0 radical (unpaired) electrons. The minimum atomic E-state index is -3.81. The van der Waals surface area contributed by atoms with Gasteiger partial charge in [0.25, 0.3) is 15.9 Å². The molecule has 24 heavy (non-hydrogen) atoms. The summed E-state index contributed by atoms with van der Waals surface area (Å²) >= 11 is 6.04. The largest absolute Gasteiger partial charge is 0.381 e. The fourth-order valence-electron chi connectivity index (χ4n) is 1.76. The van der Waals surface area contributed by atoms with Gasteiger partial charge in [0.15, 0.2) is 0 Å². The van der Waals surface area contributed by atoms with E-state index in [1.165, 1.54) is 32.0 Å². The van der Waals surface area contributed by atoms with Crippen LogP contribution in [-0.4, -0.2) is 25.0 Å². The molecule has 0 aliphatic carbocycles. The minimum absolute atomic E-state index is 0.0439. The predicted molar refractivity (Wildman–Crippen MR) is 93.6 cm³/mol. The maximum atomic E-state index is 12.3. The number of halogens is 1. The van der Waals surface area contributed by atoms with Crippen molar-refractivity contribution in [3.63, 3.8) is 0 Å². The van der Waals surface area contributed by atoms with E-state index >= 15 is 0 Å². The van der Waals surface area contributed by atoms with E-state index in [1.807, 2.05) is 0 Å². The molecule has 0 unspecified atom stereocenters. The molecule has 2 aromatic rings. The summed E-state index contributed by atoms with van der Waals surface area (Å²) in [5.41, 5.74) is -0.946. The van der Waals surface area contributed by atoms with E-state index < -0.39 is 21.5 Å². The van der Waals surface area contributed by atoms with Crippen LogP contribution < -0.4 is 10.0 Å². The van der Waals surface area contributed by atoms with E-state index in [-0.39, 0.29) is 15.6 Å². The second-order valence-corrected chi connectivity index (χ2v) is 7.72. The number of aliphatic hydroxyl groups is 1. The van der Waals surface area contributed by atoms with E-state index in [9.17, 15) is 18.3 Å². The van der Waals surface area contributed by atoms with Crippen molar-refractivity contribution in [2.75, 3.05) is 10.0 Å². The number of rotatable bonds is 5. The molecule has 0 aliphatic heterocycles. The quantitative estimate of drug-likeness (QED) is 0.756. The summed E-state index contributed by atoms with van der Waals surface area (Å²) in [6.07, 6.45) is 0. The molecular weight excluding hydrogens is 352 g/mol. The van der Waals surface area contributed by atoms with Crippen LogP contribution in [0.1, 0.15) is 13.8 Å². The lowest BCUT2D eigenvalue weighted by Crippen LogP contribution is -2.36. The third-order valence-electron chi connectivity index (χ3n) is 3.08. The zero-order valence-electron chi connectivity index (χ0n) is 13.1. The lowest BCUT2D eigenvalue weighted by Gasteiger charge is -2.17. The summed E-state index contributed by atoms with van der Waals surface area (Å²) in [6.45, 7) is 2.66. The summed E-state index contributed by atoms with van der Waals surface area (Å²) in [4.78, 5) is 11.7. The first-order chi connectivity index (χ1) is 11.1. The van der Waals surface area contributed by atoms with Gasteiger partial charge in [-0.25, -0.2) is 8.42 Å². The maximum Gasteiger partial charge on any atom is 0.261 e. The topological polar surface area (TPSA) is 95.5 Å². The SMILES string of the molecule is CC(C)(O)C(=O)Nc1ccc(S(=O)(=O)Nc2ccccc2)cc1Cl. The Kier molecular flexibility index (Phi) is 5.17. The molecule has 2 rings (SSSR count). The number of carbonyl (C=O) groups is 1. The number of carbonyl (C=O) groups excluding carboxylic acids is 1. The van der Waals surface area contributed by atoms with Crippen molar-refractivity contribution in [1.29, 1.82) is 0 Å². The maximum absolute atomic E-state index is 12.3. The Labute approximate surface area is 145 Å². The molecule has 0 bridgehead atoms. The second kappa shape index (κ2) is 6.80. The smallest absolute Gasteiger partial charge is 0.261 e. The molecule has 0 saturated carbocycles. The lowest BCUT2D eigenvalue weighted by atomic mass is 10.1. The highest BCUT2D eigenvalue weighted by Gasteiger charge is 2.25. The molecule has 0 fully saturated rings. The summed E-state index contributed by atoms with van der Waals surface area (Å²) < 4.78 is 27.1. The fraction of sp³-hybridized carbons (Fsp3) is 0.188. The average Bonchev–Trinajstić information content (AvgIpc) is 2.48. The zero-order valence-corrected chi connectivity index (χ0v) is 14.6. The lowest BCUT2D eigenvalue weighted by molar-refractivity contribution is -0.130. The molecule has 0 saturated heterocycles. The van der Waals surface area contributed by atoms with Crippen LogP contribution >= 0.6 is 11.6 Å². The monoisotopic (exact) mass is 368 g/mol. The third-order valence-corrected chi connectivity index (χ3v) is 4.77. The number of nitrogens with one attached hydrogen (secondary N) is 2. The number of sulfonamides is 1. The van der Waals surface area contributed by atoms with Gasteiger partial charge in [0.1, 0.15) is 5.60 Å². The standard InChI is InChI=1S/C16H17ClN2O4S/c1-16(2,21)15(20)18-14-9-8-12(10-13(14)17)24(22,23)19-11-6-4-3-5-7-11/h3-10,19,21H,1-2H3,(H,18,20). The predicted octanol–water partition coefficient (Wildman–Crippen LogP) is 2.85. The number of amides is 1. The number of hydrogen-bond donors (Lipinski definition) is 3. The van der Waals surface area contributed by atoms with Gasteiger partial charge < -0.3 is 10.4 Å². The van der Waals surface area contributed by atoms with E-state index in [4.69, 9.17) is 11.6 Å². The highest BCUT2D eigenvalue weighted by atomic mass is 35.5. The molecule has 0 heterocycles. The summed E-state index contributed by atoms with van der Waals surface area (Å²) in [5, 5.41) is 12.1. The van der Waals surface area contributed by atoms with Crippen LogP contribution in [0.15, 0.2) is 53.4 Å². The molecule has 1 amide bonds. The third kappa shape index (κ3) is 4.47. The average molecular weight is 369 g/mol. The molecule has 3 N–H and O–H groups in total. The van der Waals surface area contributed by atoms with Crippen molar-refractivity contribution in [2.24, 2.45) is 0 Å². The normalized spacial score (nSPS) is 11.8. The van der Waals surface area contributed by atoms with Crippen LogP contribution in [0.25, 0.3) is 0 Å². The zero-order chi connectivity index (χ0) is 18.0. The van der Waals surface area contributed by atoms with E-state index in [0.717, 1.165) is 0 Å². The molecular formula is C16H17ClN2O4S. The van der Waals surface area contributed by atoms with Crippen molar-refractivity contribution < 1.29 is 18.3 Å². The van der Waals surface area contributed by atoms with Crippen LogP contribution in [-0.2, 0) is 14.8 Å². The van der Waals surface area contributed by atoms with E-state index in [1.54, 1.807) is 30.3 Å². The van der Waals surface area contributed by atoms with Gasteiger partial charge in [-0.2, -0.15) is 0 Å². The number of para-hydroxylation sites is 1. The van der Waals surface area contributed by atoms with Crippen LogP contribution in [0.5, 0.6) is 0 Å². The van der Waals surface area contributed by atoms with E-state index in [0.29, 0.717) is 5.69 Å². The summed E-state index contributed by atoms with van der Waals surface area (Å²) in [6, 6.07) is 12.3. The Bertz CT molecular complexity index is 846. The number of anilines is 2. The van der Waals surface area contributed by atoms with E-state index in [2.05, 4.69) is 10.0 Å². The highest BCUT2D eigenvalue weighted by Crippen LogP contribution is 2.27. The fourth-order valence-corrected chi connectivity index (χ4v) is 3.14. The van der Waals surface area contributed by atoms with Crippen LogP contribution in [0, 0.1) is 0 Å². The molecule has 0 spiro atoms. The Hall–Kier alpha value is -2.09. The first-order valence-corrected chi connectivity index (χ1v) is 8.87. The van der Waals surface area contributed by atoms with Crippen molar-refractivity contribution >= 4 is 38.9 Å². The van der Waals surface area contributed by atoms with Gasteiger partial charge in [-0.15, -0.1) is 0 Å². The van der Waals surface area contributed by atoms with Crippen molar-refractivity contribution in [3.05, 3.63) is 53.6 Å². The molecule has 6 nitrogen and oxygen atoms in total. The molecule has 0 aliphatic rings.